The minimum Gasteiger partial charge on any atom is -0.103 e. The smallest absolute Gasteiger partial charge is 0.0280 e. The quantitative estimate of drug-likeness (QED) is 0.390. The van der Waals surface area contributed by atoms with Crippen LogP contribution in [0.3, 0.4) is 0 Å². The molecule has 0 nitrogen and oxygen atoms in total. The summed E-state index contributed by atoms with van der Waals surface area (Å²) in [6, 6.07) is 8.29. The minimum absolute atomic E-state index is 0.901. The Labute approximate surface area is 93.0 Å². The van der Waals surface area contributed by atoms with Gasteiger partial charge < -0.3 is 0 Å². The van der Waals surface area contributed by atoms with Crippen LogP contribution in [-0.4, -0.2) is 0 Å². The average molecular weight is 198 g/mol. The summed E-state index contributed by atoms with van der Waals surface area (Å²) in [5.74, 6) is 6.45. The predicted molar refractivity (Wildman–Crippen MR) is 66.7 cm³/mol. The summed E-state index contributed by atoms with van der Waals surface area (Å²) in [7, 11) is 0. The molecule has 1 aromatic rings. The van der Waals surface area contributed by atoms with Gasteiger partial charge in [0.05, 0.1) is 0 Å². The van der Waals surface area contributed by atoms with Crippen LogP contribution in [0.1, 0.15) is 37.3 Å². The first-order chi connectivity index (χ1) is 7.38. The van der Waals surface area contributed by atoms with Crippen molar-refractivity contribution in [2.75, 3.05) is 0 Å². The maximum Gasteiger partial charge on any atom is 0.0280 e. The fraction of sp³-hybridized carbons (Fsp3) is 0.333. The summed E-state index contributed by atoms with van der Waals surface area (Å²) in [5, 5.41) is 0. The van der Waals surface area contributed by atoms with Gasteiger partial charge in [0.25, 0.3) is 0 Å². The maximum absolute atomic E-state index is 3.76. The van der Waals surface area contributed by atoms with E-state index >= 15 is 0 Å². The van der Waals surface area contributed by atoms with Crippen molar-refractivity contribution in [2.24, 2.45) is 0 Å². The fourth-order valence-electron chi connectivity index (χ4n) is 1.40. The number of hydrogen-bond donors (Lipinski definition) is 0. The lowest BCUT2D eigenvalue weighted by Gasteiger charge is -1.99. The highest BCUT2D eigenvalue weighted by Crippen LogP contribution is 2.08. The summed E-state index contributed by atoms with van der Waals surface area (Å²) < 4.78 is 0. The van der Waals surface area contributed by atoms with Crippen molar-refractivity contribution in [3.8, 4) is 11.8 Å². The number of unbranched alkanes of at least 4 members (excludes halogenated alkanes) is 2. The van der Waals surface area contributed by atoms with Crippen LogP contribution in [0.5, 0.6) is 0 Å². The standard InChI is InChI=1S/C15H18/c1-3-5-6-7-11-15-13-9-8-12-14(15)10-4-2/h4,8-9,12-13H,2-3,5-6,10H2,1H3. The van der Waals surface area contributed by atoms with Crippen molar-refractivity contribution < 1.29 is 0 Å². The third-order valence-electron chi connectivity index (χ3n) is 2.26. The zero-order chi connectivity index (χ0) is 10.9. The molecule has 15 heavy (non-hydrogen) atoms. The van der Waals surface area contributed by atoms with Gasteiger partial charge in [-0.1, -0.05) is 49.5 Å². The molecule has 0 N–H and O–H groups in total. The molecule has 78 valence electrons. The molecule has 0 aliphatic heterocycles. The first-order valence-corrected chi connectivity index (χ1v) is 5.56. The Hall–Kier alpha value is -1.48. The molecule has 0 unspecified atom stereocenters. The van der Waals surface area contributed by atoms with Crippen LogP contribution < -0.4 is 0 Å². The first kappa shape index (κ1) is 11.6. The normalized spacial score (nSPS) is 9.13. The summed E-state index contributed by atoms with van der Waals surface area (Å²) in [6.45, 7) is 5.95. The highest BCUT2D eigenvalue weighted by molar-refractivity contribution is 5.42. The Balaban J connectivity index is 2.72. The zero-order valence-electron chi connectivity index (χ0n) is 9.42. The molecule has 0 heterocycles. The summed E-state index contributed by atoms with van der Waals surface area (Å²) in [4.78, 5) is 0. The molecule has 0 amide bonds. The first-order valence-electron chi connectivity index (χ1n) is 5.56. The highest BCUT2D eigenvalue weighted by atomic mass is 14.0. The molecule has 1 aromatic carbocycles. The zero-order valence-corrected chi connectivity index (χ0v) is 9.42. The van der Waals surface area contributed by atoms with E-state index in [1.54, 1.807) is 0 Å². The molecule has 0 aliphatic rings. The van der Waals surface area contributed by atoms with E-state index in [4.69, 9.17) is 0 Å². The third-order valence-corrected chi connectivity index (χ3v) is 2.26. The lowest BCUT2D eigenvalue weighted by Crippen LogP contribution is -1.86. The van der Waals surface area contributed by atoms with Gasteiger partial charge >= 0.3 is 0 Å². The van der Waals surface area contributed by atoms with Gasteiger partial charge in [-0.2, -0.15) is 0 Å². The van der Waals surface area contributed by atoms with E-state index in [0.29, 0.717) is 0 Å². The second kappa shape index (κ2) is 6.90. The molecular formula is C15H18. The van der Waals surface area contributed by atoms with Crippen molar-refractivity contribution in [3.05, 3.63) is 48.0 Å². The molecule has 1 rings (SSSR count). The Morgan fingerprint density at radius 2 is 2.13 bits per heavy atom. The van der Waals surface area contributed by atoms with E-state index < -0.39 is 0 Å². The summed E-state index contributed by atoms with van der Waals surface area (Å²) in [5.41, 5.74) is 2.42. The Morgan fingerprint density at radius 3 is 2.87 bits per heavy atom. The monoisotopic (exact) mass is 198 g/mol. The Morgan fingerprint density at radius 1 is 1.33 bits per heavy atom. The lowest BCUT2D eigenvalue weighted by molar-refractivity contribution is 0.828. The van der Waals surface area contributed by atoms with Crippen LogP contribution in [0, 0.1) is 11.8 Å². The largest absolute Gasteiger partial charge is 0.103 e. The Bertz CT molecular complexity index is 363. The fourth-order valence-corrected chi connectivity index (χ4v) is 1.40. The molecule has 0 fully saturated rings. The molecule has 0 radical (unpaired) electrons. The molecular weight excluding hydrogens is 180 g/mol. The molecule has 0 heteroatoms. The molecule has 0 saturated heterocycles. The van der Waals surface area contributed by atoms with Gasteiger partial charge in [-0.15, -0.1) is 6.58 Å². The molecule has 0 aromatic heterocycles. The van der Waals surface area contributed by atoms with E-state index in [0.717, 1.165) is 18.4 Å². The van der Waals surface area contributed by atoms with Crippen molar-refractivity contribution in [2.45, 2.75) is 32.6 Å². The van der Waals surface area contributed by atoms with Gasteiger partial charge in [-0.05, 0) is 24.5 Å². The van der Waals surface area contributed by atoms with Crippen LogP contribution in [0.2, 0.25) is 0 Å². The molecule has 0 aliphatic carbocycles. The van der Waals surface area contributed by atoms with Gasteiger partial charge in [-0.3, -0.25) is 0 Å². The number of hydrogen-bond acceptors (Lipinski definition) is 0. The average Bonchev–Trinajstić information content (AvgIpc) is 2.27. The summed E-state index contributed by atoms with van der Waals surface area (Å²) in [6.07, 6.45) is 6.23. The Kier molecular flexibility index (Phi) is 5.33. The van der Waals surface area contributed by atoms with Gasteiger partial charge in [0, 0.05) is 12.0 Å². The maximum atomic E-state index is 3.76. The van der Waals surface area contributed by atoms with Crippen molar-refractivity contribution in [1.82, 2.24) is 0 Å². The molecule has 0 saturated carbocycles. The van der Waals surface area contributed by atoms with E-state index in [-0.39, 0.29) is 0 Å². The topological polar surface area (TPSA) is 0 Å². The van der Waals surface area contributed by atoms with Gasteiger partial charge in [0.15, 0.2) is 0 Å². The SMILES string of the molecule is C=CCc1ccccc1C#CCCCC. The number of rotatable bonds is 4. The van der Waals surface area contributed by atoms with Crippen LogP contribution in [0.4, 0.5) is 0 Å². The van der Waals surface area contributed by atoms with Crippen LogP contribution >= 0.6 is 0 Å². The van der Waals surface area contributed by atoms with Crippen LogP contribution in [0.25, 0.3) is 0 Å². The van der Waals surface area contributed by atoms with E-state index in [1.807, 2.05) is 12.1 Å². The summed E-state index contributed by atoms with van der Waals surface area (Å²) >= 11 is 0. The minimum atomic E-state index is 0.901. The van der Waals surface area contributed by atoms with Crippen molar-refractivity contribution in [3.63, 3.8) is 0 Å². The second-order valence-electron chi connectivity index (χ2n) is 3.56. The van der Waals surface area contributed by atoms with Gasteiger partial charge in [-0.25, -0.2) is 0 Å². The van der Waals surface area contributed by atoms with E-state index in [2.05, 4.69) is 43.5 Å². The van der Waals surface area contributed by atoms with Crippen molar-refractivity contribution in [1.29, 1.82) is 0 Å². The molecule has 0 spiro atoms. The van der Waals surface area contributed by atoms with Crippen LogP contribution in [0.15, 0.2) is 36.9 Å². The van der Waals surface area contributed by atoms with Crippen molar-refractivity contribution >= 4 is 0 Å². The third kappa shape index (κ3) is 4.04. The van der Waals surface area contributed by atoms with E-state index in [1.165, 1.54) is 18.4 Å². The van der Waals surface area contributed by atoms with E-state index in [9.17, 15) is 0 Å². The predicted octanol–water partition coefficient (Wildman–Crippen LogP) is 3.96. The lowest BCUT2D eigenvalue weighted by atomic mass is 10.0. The highest BCUT2D eigenvalue weighted by Gasteiger charge is 1.94. The number of benzene rings is 1. The van der Waals surface area contributed by atoms with Crippen LogP contribution in [-0.2, 0) is 6.42 Å². The molecule has 0 bridgehead atoms. The second-order valence-corrected chi connectivity index (χ2v) is 3.56. The van der Waals surface area contributed by atoms with Gasteiger partial charge in [0.2, 0.25) is 0 Å². The number of allylic oxidation sites excluding steroid dienone is 1. The van der Waals surface area contributed by atoms with Gasteiger partial charge in [0.1, 0.15) is 0 Å². The molecule has 0 atom stereocenters.